The van der Waals surface area contributed by atoms with Gasteiger partial charge in [-0.05, 0) is 55.6 Å². The summed E-state index contributed by atoms with van der Waals surface area (Å²) >= 11 is 0. The van der Waals surface area contributed by atoms with Crippen LogP contribution in [-0.2, 0) is 13.6 Å². The van der Waals surface area contributed by atoms with Gasteiger partial charge in [0, 0.05) is 45.0 Å². The third-order valence-electron chi connectivity index (χ3n) is 6.03. The molecule has 0 radical (unpaired) electrons. The van der Waals surface area contributed by atoms with Crippen LogP contribution in [0.15, 0.2) is 47.5 Å². The SMILES string of the molecule is CN(CC1CCN(Cc2ccc(F)cc2)CC1)C(=O)c1cn(C)c(=O)c2[nH]ccc12. The molecule has 1 aliphatic heterocycles. The number of fused-ring (bicyclic) bond motifs is 1. The molecule has 1 amide bonds. The fourth-order valence-corrected chi connectivity index (χ4v) is 4.29. The summed E-state index contributed by atoms with van der Waals surface area (Å²) in [5.74, 6) is 0.169. The molecule has 1 N–H and O–H groups in total. The zero-order valence-electron chi connectivity index (χ0n) is 17.4. The van der Waals surface area contributed by atoms with Gasteiger partial charge < -0.3 is 14.5 Å². The summed E-state index contributed by atoms with van der Waals surface area (Å²) < 4.78 is 14.5. The zero-order valence-corrected chi connectivity index (χ0v) is 17.4. The molecular formula is C23H27FN4O2. The normalized spacial score (nSPS) is 15.6. The van der Waals surface area contributed by atoms with Crippen LogP contribution in [0.5, 0.6) is 0 Å². The number of rotatable bonds is 5. The number of aromatic amines is 1. The lowest BCUT2D eigenvalue weighted by molar-refractivity contribution is 0.0738. The van der Waals surface area contributed by atoms with Crippen molar-refractivity contribution in [2.75, 3.05) is 26.7 Å². The van der Waals surface area contributed by atoms with Crippen molar-refractivity contribution in [3.05, 3.63) is 70.0 Å². The molecule has 6 nitrogen and oxygen atoms in total. The predicted octanol–water partition coefficient (Wildman–Crippen LogP) is 2.99. The van der Waals surface area contributed by atoms with Crippen LogP contribution >= 0.6 is 0 Å². The van der Waals surface area contributed by atoms with Crippen LogP contribution in [0, 0.1) is 11.7 Å². The Hall–Kier alpha value is -2.93. The van der Waals surface area contributed by atoms with Crippen molar-refractivity contribution in [3.8, 4) is 0 Å². The van der Waals surface area contributed by atoms with Crippen molar-refractivity contribution < 1.29 is 9.18 Å². The molecule has 1 saturated heterocycles. The summed E-state index contributed by atoms with van der Waals surface area (Å²) in [7, 11) is 3.49. The lowest BCUT2D eigenvalue weighted by atomic mass is 9.95. The molecule has 0 atom stereocenters. The molecule has 0 unspecified atom stereocenters. The number of piperidine rings is 1. The van der Waals surface area contributed by atoms with Gasteiger partial charge in [-0.3, -0.25) is 14.5 Å². The van der Waals surface area contributed by atoms with Crippen molar-refractivity contribution in [2.24, 2.45) is 13.0 Å². The Morgan fingerprint density at radius 1 is 1.20 bits per heavy atom. The highest BCUT2D eigenvalue weighted by Crippen LogP contribution is 2.22. The summed E-state index contributed by atoms with van der Waals surface area (Å²) in [5, 5.41) is 0.670. The Bertz CT molecular complexity index is 1090. The number of nitrogens with zero attached hydrogens (tertiary/aromatic N) is 3. The maximum absolute atomic E-state index is 13.1. The first-order valence-corrected chi connectivity index (χ1v) is 10.3. The van der Waals surface area contributed by atoms with E-state index >= 15 is 0 Å². The topological polar surface area (TPSA) is 61.3 Å². The van der Waals surface area contributed by atoms with E-state index in [1.807, 2.05) is 19.2 Å². The van der Waals surface area contributed by atoms with Crippen LogP contribution in [0.1, 0.15) is 28.8 Å². The first-order valence-electron chi connectivity index (χ1n) is 10.3. The molecule has 0 spiro atoms. The van der Waals surface area contributed by atoms with E-state index in [4.69, 9.17) is 0 Å². The van der Waals surface area contributed by atoms with Gasteiger partial charge >= 0.3 is 0 Å². The van der Waals surface area contributed by atoms with Crippen molar-refractivity contribution >= 4 is 16.8 Å². The average molecular weight is 410 g/mol. The average Bonchev–Trinajstić information content (AvgIpc) is 3.23. The van der Waals surface area contributed by atoms with E-state index in [2.05, 4.69) is 9.88 Å². The Morgan fingerprint density at radius 2 is 1.90 bits per heavy atom. The van der Waals surface area contributed by atoms with Gasteiger partial charge in [0.1, 0.15) is 11.3 Å². The number of hydrogen-bond donors (Lipinski definition) is 1. The molecule has 158 valence electrons. The van der Waals surface area contributed by atoms with Crippen molar-refractivity contribution in [1.82, 2.24) is 19.4 Å². The number of carbonyl (C=O) groups is 1. The van der Waals surface area contributed by atoms with Crippen LogP contribution in [0.4, 0.5) is 4.39 Å². The van der Waals surface area contributed by atoms with Gasteiger partial charge in [-0.1, -0.05) is 12.1 Å². The summed E-state index contributed by atoms with van der Waals surface area (Å²) in [6.07, 6.45) is 5.36. The molecule has 4 rings (SSSR count). The predicted molar refractivity (Wildman–Crippen MR) is 115 cm³/mol. The summed E-state index contributed by atoms with van der Waals surface area (Å²) in [4.78, 5) is 32.4. The Labute approximate surface area is 174 Å². The number of hydrogen-bond acceptors (Lipinski definition) is 3. The molecule has 1 fully saturated rings. The first kappa shape index (κ1) is 20.3. The molecule has 1 aromatic carbocycles. The van der Waals surface area contributed by atoms with Crippen LogP contribution in [-0.4, -0.2) is 51.9 Å². The van der Waals surface area contributed by atoms with Crippen LogP contribution in [0.3, 0.4) is 0 Å². The van der Waals surface area contributed by atoms with E-state index in [-0.39, 0.29) is 17.3 Å². The van der Waals surface area contributed by atoms with E-state index in [0.29, 0.717) is 28.9 Å². The van der Waals surface area contributed by atoms with Gasteiger partial charge in [-0.15, -0.1) is 0 Å². The number of aryl methyl sites for hydroxylation is 1. The highest BCUT2D eigenvalue weighted by molar-refractivity contribution is 6.05. The van der Waals surface area contributed by atoms with Crippen LogP contribution < -0.4 is 5.56 Å². The van der Waals surface area contributed by atoms with E-state index in [0.717, 1.165) is 38.0 Å². The molecule has 3 aromatic rings. The van der Waals surface area contributed by atoms with Gasteiger partial charge in [0.05, 0.1) is 5.56 Å². The number of halogens is 1. The standard InChI is InChI=1S/C23H27FN4O2/c1-26(22(29)20-15-27(2)23(30)21-19(20)7-10-25-21)13-17-8-11-28(12-9-17)14-16-3-5-18(24)6-4-16/h3-7,10,15,17,25H,8-9,11-14H2,1-2H3. The molecule has 1 aliphatic rings. The summed E-state index contributed by atoms with van der Waals surface area (Å²) in [6.45, 7) is 3.45. The molecule has 30 heavy (non-hydrogen) atoms. The minimum atomic E-state index is -0.208. The quantitative estimate of drug-likeness (QED) is 0.704. The molecular weight excluding hydrogens is 383 g/mol. The fraction of sp³-hybridized carbons (Fsp3) is 0.391. The van der Waals surface area contributed by atoms with Gasteiger partial charge in [-0.25, -0.2) is 4.39 Å². The lowest BCUT2D eigenvalue weighted by Crippen LogP contribution is -2.39. The van der Waals surface area contributed by atoms with Gasteiger partial charge in [0.2, 0.25) is 0 Å². The highest BCUT2D eigenvalue weighted by Gasteiger charge is 2.24. The van der Waals surface area contributed by atoms with Gasteiger partial charge in [0.25, 0.3) is 11.5 Å². The number of carbonyl (C=O) groups excluding carboxylic acids is 1. The number of pyridine rings is 1. The summed E-state index contributed by atoms with van der Waals surface area (Å²) in [6, 6.07) is 8.46. The number of benzene rings is 1. The van der Waals surface area contributed by atoms with E-state index in [1.165, 1.54) is 16.7 Å². The van der Waals surface area contributed by atoms with E-state index in [9.17, 15) is 14.0 Å². The Morgan fingerprint density at radius 3 is 2.60 bits per heavy atom. The number of H-pyrrole nitrogens is 1. The second kappa shape index (κ2) is 8.44. The third kappa shape index (κ3) is 4.16. The highest BCUT2D eigenvalue weighted by atomic mass is 19.1. The maximum Gasteiger partial charge on any atom is 0.274 e. The van der Waals surface area contributed by atoms with Gasteiger partial charge in [0.15, 0.2) is 0 Å². The third-order valence-corrected chi connectivity index (χ3v) is 6.03. The Kier molecular flexibility index (Phi) is 5.72. The first-order chi connectivity index (χ1) is 14.4. The molecule has 2 aromatic heterocycles. The number of nitrogens with one attached hydrogen (secondary N) is 1. The molecule has 7 heteroatoms. The Balaban J connectivity index is 1.36. The molecule has 0 aliphatic carbocycles. The molecule has 3 heterocycles. The zero-order chi connectivity index (χ0) is 21.3. The largest absolute Gasteiger partial charge is 0.357 e. The van der Waals surface area contributed by atoms with E-state index in [1.54, 1.807) is 30.4 Å². The number of likely N-dealkylation sites (tertiary alicyclic amines) is 1. The van der Waals surface area contributed by atoms with Crippen molar-refractivity contribution in [3.63, 3.8) is 0 Å². The van der Waals surface area contributed by atoms with Crippen molar-refractivity contribution in [1.29, 1.82) is 0 Å². The monoisotopic (exact) mass is 410 g/mol. The second-order valence-electron chi connectivity index (χ2n) is 8.26. The number of aromatic nitrogens is 2. The van der Waals surface area contributed by atoms with Crippen molar-refractivity contribution in [2.45, 2.75) is 19.4 Å². The fourth-order valence-electron chi connectivity index (χ4n) is 4.29. The van der Waals surface area contributed by atoms with Crippen LogP contribution in [0.2, 0.25) is 0 Å². The summed E-state index contributed by atoms with van der Waals surface area (Å²) in [5.41, 5.74) is 1.99. The minimum Gasteiger partial charge on any atom is -0.357 e. The maximum atomic E-state index is 13.1. The van der Waals surface area contributed by atoms with E-state index < -0.39 is 0 Å². The number of amides is 1. The second-order valence-corrected chi connectivity index (χ2v) is 8.26. The smallest absolute Gasteiger partial charge is 0.274 e. The molecule has 0 saturated carbocycles. The van der Waals surface area contributed by atoms with Gasteiger partial charge in [-0.2, -0.15) is 0 Å². The minimum absolute atomic E-state index is 0.0658. The van der Waals surface area contributed by atoms with Crippen LogP contribution in [0.25, 0.3) is 10.9 Å². The molecule has 0 bridgehead atoms. The lowest BCUT2D eigenvalue weighted by Gasteiger charge is -2.34.